The van der Waals surface area contributed by atoms with Crippen LogP contribution in [0, 0.1) is 11.8 Å². The third-order valence-electron chi connectivity index (χ3n) is 6.82. The Kier molecular flexibility index (Phi) is 7.80. The second-order valence-electron chi connectivity index (χ2n) is 9.24. The van der Waals surface area contributed by atoms with Gasteiger partial charge < -0.3 is 26.2 Å². The van der Waals surface area contributed by atoms with Crippen LogP contribution in [0.5, 0.6) is 0 Å². The lowest BCUT2D eigenvalue weighted by molar-refractivity contribution is -0.127. The van der Waals surface area contributed by atoms with Gasteiger partial charge in [-0.05, 0) is 62.3 Å². The molecular formula is C27H30N4O5. The zero-order valence-corrected chi connectivity index (χ0v) is 19.8. The molecule has 0 aliphatic heterocycles. The second-order valence-corrected chi connectivity index (χ2v) is 9.24. The lowest BCUT2D eigenvalue weighted by atomic mass is 9.81. The number of aromatic nitrogens is 2. The third-order valence-corrected chi connectivity index (χ3v) is 6.82. The van der Waals surface area contributed by atoms with Gasteiger partial charge in [0.1, 0.15) is 11.5 Å². The number of aromatic carboxylic acids is 2. The van der Waals surface area contributed by atoms with Crippen LogP contribution in [0.25, 0.3) is 11.3 Å². The van der Waals surface area contributed by atoms with Crippen molar-refractivity contribution < 1.29 is 24.6 Å². The van der Waals surface area contributed by atoms with Crippen molar-refractivity contribution in [2.75, 3.05) is 6.54 Å². The van der Waals surface area contributed by atoms with Gasteiger partial charge in [0.25, 0.3) is 0 Å². The Balaban J connectivity index is 1.64. The van der Waals surface area contributed by atoms with Gasteiger partial charge in [-0.25, -0.2) is 14.6 Å². The van der Waals surface area contributed by atoms with Gasteiger partial charge in [-0.1, -0.05) is 42.5 Å². The zero-order valence-electron chi connectivity index (χ0n) is 19.8. The molecule has 1 aliphatic carbocycles. The van der Waals surface area contributed by atoms with E-state index in [4.69, 9.17) is 10.8 Å². The minimum absolute atomic E-state index is 0.0768. The SMILES string of the molecule is NC[C@H]1CC[C@H](C(=O)N[C@@H](Cc2ccccc2)c2nc(-c3ccc(C(=O)O)cc3)c(C(=O)O)[nH]2)CC1. The highest BCUT2D eigenvalue weighted by Crippen LogP contribution is 2.30. The Labute approximate surface area is 208 Å². The monoisotopic (exact) mass is 490 g/mol. The topological polar surface area (TPSA) is 158 Å². The first-order valence-corrected chi connectivity index (χ1v) is 12.1. The summed E-state index contributed by atoms with van der Waals surface area (Å²) >= 11 is 0. The number of hydrogen-bond donors (Lipinski definition) is 5. The fraction of sp³-hybridized carbons (Fsp3) is 0.333. The van der Waals surface area contributed by atoms with E-state index >= 15 is 0 Å². The molecule has 1 heterocycles. The number of aromatic amines is 1. The highest BCUT2D eigenvalue weighted by molar-refractivity contribution is 5.94. The van der Waals surface area contributed by atoms with Crippen LogP contribution < -0.4 is 11.1 Å². The van der Waals surface area contributed by atoms with Crippen molar-refractivity contribution in [1.29, 1.82) is 0 Å². The van der Waals surface area contributed by atoms with Crippen LogP contribution in [0.4, 0.5) is 0 Å². The molecule has 9 heteroatoms. The van der Waals surface area contributed by atoms with E-state index in [0.717, 1.165) is 31.2 Å². The molecule has 3 aromatic rings. The minimum Gasteiger partial charge on any atom is -0.478 e. The summed E-state index contributed by atoms with van der Waals surface area (Å²) < 4.78 is 0. The summed E-state index contributed by atoms with van der Waals surface area (Å²) in [6.07, 6.45) is 3.79. The number of amides is 1. The number of imidazole rings is 1. The fourth-order valence-electron chi connectivity index (χ4n) is 4.71. The minimum atomic E-state index is -1.20. The predicted octanol–water partition coefficient (Wildman–Crippen LogP) is 3.64. The first-order chi connectivity index (χ1) is 17.4. The molecule has 1 fully saturated rings. The fourth-order valence-corrected chi connectivity index (χ4v) is 4.71. The first-order valence-electron chi connectivity index (χ1n) is 12.1. The van der Waals surface area contributed by atoms with E-state index in [1.807, 2.05) is 30.3 Å². The van der Waals surface area contributed by atoms with E-state index < -0.39 is 18.0 Å². The molecule has 1 atom stereocenters. The van der Waals surface area contributed by atoms with Gasteiger partial charge in [0, 0.05) is 11.5 Å². The molecule has 188 valence electrons. The summed E-state index contributed by atoms with van der Waals surface area (Å²) in [5.74, 6) is -1.69. The van der Waals surface area contributed by atoms with E-state index in [0.29, 0.717) is 30.3 Å². The first kappa shape index (κ1) is 25.1. The van der Waals surface area contributed by atoms with Gasteiger partial charge in [-0.3, -0.25) is 4.79 Å². The Morgan fingerprint density at radius 1 is 0.972 bits per heavy atom. The Hall–Kier alpha value is -3.98. The van der Waals surface area contributed by atoms with Crippen molar-refractivity contribution >= 4 is 17.8 Å². The smallest absolute Gasteiger partial charge is 0.354 e. The van der Waals surface area contributed by atoms with Gasteiger partial charge in [-0.2, -0.15) is 0 Å². The van der Waals surface area contributed by atoms with Gasteiger partial charge in [0.15, 0.2) is 5.69 Å². The number of carbonyl (C=O) groups is 3. The molecule has 9 nitrogen and oxygen atoms in total. The van der Waals surface area contributed by atoms with E-state index in [1.54, 1.807) is 0 Å². The molecule has 36 heavy (non-hydrogen) atoms. The van der Waals surface area contributed by atoms with Crippen LogP contribution in [0.1, 0.15) is 64.0 Å². The van der Waals surface area contributed by atoms with Crippen LogP contribution in [-0.4, -0.2) is 44.6 Å². The molecule has 6 N–H and O–H groups in total. The largest absolute Gasteiger partial charge is 0.478 e. The number of carboxylic acids is 2. The summed E-state index contributed by atoms with van der Waals surface area (Å²) in [7, 11) is 0. The van der Waals surface area contributed by atoms with Gasteiger partial charge in [0.05, 0.1) is 11.6 Å². The lowest BCUT2D eigenvalue weighted by Gasteiger charge is -2.28. The maximum atomic E-state index is 13.2. The molecule has 0 radical (unpaired) electrons. The molecule has 2 aromatic carbocycles. The zero-order chi connectivity index (χ0) is 25.7. The Morgan fingerprint density at radius 2 is 1.64 bits per heavy atom. The van der Waals surface area contributed by atoms with Crippen molar-refractivity contribution in [3.63, 3.8) is 0 Å². The van der Waals surface area contributed by atoms with Crippen molar-refractivity contribution in [2.45, 2.75) is 38.1 Å². The van der Waals surface area contributed by atoms with Crippen LogP contribution in [0.2, 0.25) is 0 Å². The normalized spacial score (nSPS) is 18.4. The summed E-state index contributed by atoms with van der Waals surface area (Å²) in [6, 6.07) is 14.9. The quantitative estimate of drug-likeness (QED) is 0.306. The summed E-state index contributed by atoms with van der Waals surface area (Å²) in [6.45, 7) is 0.631. The molecule has 0 bridgehead atoms. The van der Waals surface area contributed by atoms with E-state index in [9.17, 15) is 19.5 Å². The van der Waals surface area contributed by atoms with Crippen molar-refractivity contribution in [2.24, 2.45) is 17.6 Å². The second kappa shape index (κ2) is 11.2. The number of carbonyl (C=O) groups excluding carboxylic acids is 1. The summed E-state index contributed by atoms with van der Waals surface area (Å²) in [4.78, 5) is 43.9. The average Bonchev–Trinajstić information content (AvgIpc) is 3.35. The Bertz CT molecular complexity index is 1210. The van der Waals surface area contributed by atoms with Crippen molar-refractivity contribution in [3.05, 3.63) is 77.2 Å². The molecule has 1 aliphatic rings. The van der Waals surface area contributed by atoms with E-state index in [2.05, 4.69) is 15.3 Å². The molecule has 1 saturated carbocycles. The highest BCUT2D eigenvalue weighted by Gasteiger charge is 2.29. The van der Waals surface area contributed by atoms with E-state index in [1.165, 1.54) is 24.3 Å². The number of nitrogens with zero attached hydrogens (tertiary/aromatic N) is 1. The summed E-state index contributed by atoms with van der Waals surface area (Å²) in [5, 5.41) is 22.1. The molecule has 0 saturated heterocycles. The van der Waals surface area contributed by atoms with Crippen molar-refractivity contribution in [3.8, 4) is 11.3 Å². The molecule has 1 aromatic heterocycles. The number of rotatable bonds is 9. The lowest BCUT2D eigenvalue weighted by Crippen LogP contribution is -2.37. The maximum absolute atomic E-state index is 13.2. The average molecular weight is 491 g/mol. The molecule has 0 spiro atoms. The number of benzene rings is 2. The Morgan fingerprint density at radius 3 is 2.22 bits per heavy atom. The van der Waals surface area contributed by atoms with Crippen LogP contribution >= 0.6 is 0 Å². The van der Waals surface area contributed by atoms with Crippen LogP contribution in [0.3, 0.4) is 0 Å². The number of H-pyrrole nitrogens is 1. The van der Waals surface area contributed by atoms with Gasteiger partial charge >= 0.3 is 11.9 Å². The van der Waals surface area contributed by atoms with Gasteiger partial charge in [-0.15, -0.1) is 0 Å². The van der Waals surface area contributed by atoms with Gasteiger partial charge in [0.2, 0.25) is 5.91 Å². The number of carboxylic acid groups (broad SMARTS) is 2. The molecule has 4 rings (SSSR count). The molecule has 1 amide bonds. The summed E-state index contributed by atoms with van der Waals surface area (Å²) in [5.41, 5.74) is 7.37. The molecular weight excluding hydrogens is 460 g/mol. The molecule has 0 unspecified atom stereocenters. The third kappa shape index (κ3) is 5.80. The maximum Gasteiger partial charge on any atom is 0.354 e. The van der Waals surface area contributed by atoms with Crippen LogP contribution in [0.15, 0.2) is 54.6 Å². The van der Waals surface area contributed by atoms with E-state index in [-0.39, 0.29) is 28.8 Å². The standard InChI is InChI=1S/C27H30N4O5/c28-15-17-6-8-19(9-7-17)25(32)29-21(14-16-4-2-1-3-5-16)24-30-22(23(31-24)27(35)36)18-10-12-20(13-11-18)26(33)34/h1-5,10-13,17,19,21H,6-9,14-15,28H2,(H,29,32)(H,30,31)(H,33,34)(H,35,36)/t17-,19-,21-/m0/s1. The van der Waals surface area contributed by atoms with Crippen molar-refractivity contribution in [1.82, 2.24) is 15.3 Å². The van der Waals surface area contributed by atoms with Crippen LogP contribution in [-0.2, 0) is 11.2 Å². The number of nitrogens with one attached hydrogen (secondary N) is 2. The highest BCUT2D eigenvalue weighted by atomic mass is 16.4. The predicted molar refractivity (Wildman–Crippen MR) is 133 cm³/mol. The number of nitrogens with two attached hydrogens (primary N) is 1. The number of hydrogen-bond acceptors (Lipinski definition) is 5.